The molecule has 9 heteroatoms. The minimum atomic E-state index is -4.61. The first kappa shape index (κ1) is 72.9. The third-order valence-corrected chi connectivity index (χ3v) is 15.1. The van der Waals surface area contributed by atoms with Gasteiger partial charge in [0.1, 0.15) is 13.2 Å². The molecule has 438 valence electrons. The number of nitrogens with one attached hydrogen (secondary N) is 1. The van der Waals surface area contributed by atoms with Crippen molar-refractivity contribution in [1.29, 1.82) is 0 Å². The van der Waals surface area contributed by atoms with Gasteiger partial charge in [0.05, 0.1) is 39.9 Å². The monoisotopic (exact) mass is 1070 g/mol. The maximum Gasteiger partial charge on any atom is 0.268 e. The molecule has 0 aliphatic heterocycles. The van der Waals surface area contributed by atoms with Gasteiger partial charge in [-0.3, -0.25) is 9.36 Å². The van der Waals surface area contributed by atoms with Crippen LogP contribution in [0.4, 0.5) is 0 Å². The van der Waals surface area contributed by atoms with Crippen LogP contribution in [-0.2, 0) is 18.4 Å². The van der Waals surface area contributed by atoms with E-state index in [1.54, 1.807) is 6.08 Å². The van der Waals surface area contributed by atoms with E-state index >= 15 is 0 Å². The second-order valence-corrected chi connectivity index (χ2v) is 24.1. The number of phosphoric ester groups is 1. The zero-order chi connectivity index (χ0) is 54.9. The van der Waals surface area contributed by atoms with E-state index in [-0.39, 0.29) is 12.5 Å². The third-order valence-electron chi connectivity index (χ3n) is 14.2. The predicted molar refractivity (Wildman–Crippen MR) is 325 cm³/mol. The largest absolute Gasteiger partial charge is 0.756 e. The van der Waals surface area contributed by atoms with E-state index in [1.165, 1.54) is 205 Å². The van der Waals surface area contributed by atoms with Gasteiger partial charge in [0, 0.05) is 6.42 Å². The minimum absolute atomic E-state index is 0.00708. The standard InChI is InChI=1S/C66H123N2O6P/c1-6-8-10-12-14-16-18-20-22-24-26-28-30-31-32-33-34-35-36-37-38-40-42-44-46-48-50-52-54-56-58-60-66(70)67-64(63-74-75(71,72)73-62-61-68(3,4)5)65(69)59-57-55-53-51-49-47-45-43-41-39-29-27-25-23-21-19-17-15-13-11-9-7-2/h8,10,14,16,20,22,26,28,49,51,57,59,64-65,69H,6-7,9,11-13,15,17-19,21,23-25,27,29-48,50,52-56,58,60-63H2,1-5H3,(H-,67,70,71,72)/b10-8-,16-14-,22-20-,28-26-,51-49+,59-57+. The lowest BCUT2D eigenvalue weighted by atomic mass is 10.0. The van der Waals surface area contributed by atoms with E-state index in [1.807, 2.05) is 27.2 Å². The van der Waals surface area contributed by atoms with Gasteiger partial charge >= 0.3 is 0 Å². The van der Waals surface area contributed by atoms with Crippen molar-refractivity contribution in [3.8, 4) is 0 Å². The SMILES string of the molecule is CC/C=C\C/C=C\C/C=C\C/C=C\CCCCCCCCCCCCCCCCCCCCC(=O)NC(COP(=O)([O-])OCC[N+](C)(C)C)C(O)/C=C/CC/C=C/CCCCCCCCCCCCCCCCCC. The Morgan fingerprint density at radius 1 is 0.480 bits per heavy atom. The molecule has 3 atom stereocenters. The number of unbranched alkanes of at least 4 members (excludes halogenated alkanes) is 35. The average molecular weight is 1070 g/mol. The van der Waals surface area contributed by atoms with E-state index in [0.29, 0.717) is 17.4 Å². The second kappa shape index (κ2) is 56.7. The Kier molecular flexibility index (Phi) is 55.1. The number of nitrogens with zero attached hydrogens (tertiary/aromatic N) is 1. The molecule has 3 unspecified atom stereocenters. The molecule has 0 rings (SSSR count). The van der Waals surface area contributed by atoms with Crippen LogP contribution in [0.5, 0.6) is 0 Å². The zero-order valence-electron chi connectivity index (χ0n) is 50.0. The number of rotatable bonds is 58. The second-order valence-electron chi connectivity index (χ2n) is 22.7. The van der Waals surface area contributed by atoms with E-state index in [9.17, 15) is 19.4 Å². The zero-order valence-corrected chi connectivity index (χ0v) is 50.9. The normalized spacial score (nSPS) is 14.3. The van der Waals surface area contributed by atoms with E-state index in [0.717, 1.165) is 64.2 Å². The number of carbonyl (C=O) groups is 1. The first-order valence-electron chi connectivity index (χ1n) is 31.8. The highest BCUT2D eigenvalue weighted by molar-refractivity contribution is 7.45. The van der Waals surface area contributed by atoms with E-state index < -0.39 is 26.6 Å². The Hall–Kier alpha value is -2.06. The molecule has 0 aliphatic carbocycles. The van der Waals surface area contributed by atoms with Gasteiger partial charge in [0.2, 0.25) is 5.91 Å². The summed E-state index contributed by atoms with van der Waals surface area (Å²) < 4.78 is 23.4. The van der Waals surface area contributed by atoms with Crippen molar-refractivity contribution in [2.45, 2.75) is 302 Å². The molecule has 0 saturated carbocycles. The van der Waals surface area contributed by atoms with Crippen molar-refractivity contribution in [2.75, 3.05) is 40.9 Å². The van der Waals surface area contributed by atoms with Crippen molar-refractivity contribution >= 4 is 13.7 Å². The van der Waals surface area contributed by atoms with Gasteiger partial charge in [-0.1, -0.05) is 286 Å². The molecule has 0 bridgehead atoms. The molecule has 0 aromatic rings. The molecule has 1 amide bonds. The molecule has 0 radical (unpaired) electrons. The lowest BCUT2D eigenvalue weighted by Crippen LogP contribution is -2.45. The lowest BCUT2D eigenvalue weighted by molar-refractivity contribution is -0.870. The smallest absolute Gasteiger partial charge is 0.268 e. The molecule has 8 nitrogen and oxygen atoms in total. The highest BCUT2D eigenvalue weighted by atomic mass is 31.2. The average Bonchev–Trinajstić information content (AvgIpc) is 3.37. The number of aliphatic hydroxyl groups is 1. The lowest BCUT2D eigenvalue weighted by Gasteiger charge is -2.29. The Morgan fingerprint density at radius 2 is 0.827 bits per heavy atom. The summed E-state index contributed by atoms with van der Waals surface area (Å²) in [6, 6.07) is -0.906. The highest BCUT2D eigenvalue weighted by Crippen LogP contribution is 2.38. The molecule has 0 spiro atoms. The van der Waals surface area contributed by atoms with Gasteiger partial charge in [-0.2, -0.15) is 0 Å². The van der Waals surface area contributed by atoms with Crippen LogP contribution in [0.1, 0.15) is 290 Å². The summed E-state index contributed by atoms with van der Waals surface area (Å²) in [6.07, 6.45) is 78.6. The van der Waals surface area contributed by atoms with Crippen molar-refractivity contribution in [3.63, 3.8) is 0 Å². The Balaban J connectivity index is 4.13. The number of hydrogen-bond acceptors (Lipinski definition) is 6. The fourth-order valence-electron chi connectivity index (χ4n) is 9.22. The van der Waals surface area contributed by atoms with Crippen LogP contribution in [0.15, 0.2) is 72.9 Å². The quantitative estimate of drug-likeness (QED) is 0.0272. The molecule has 2 N–H and O–H groups in total. The van der Waals surface area contributed by atoms with Crippen LogP contribution < -0.4 is 10.2 Å². The fraction of sp³-hybridized carbons (Fsp3) is 0.803. The third kappa shape index (κ3) is 59.4. The summed E-state index contributed by atoms with van der Waals surface area (Å²) in [5.41, 5.74) is 0. The Labute approximate surface area is 465 Å². The van der Waals surface area contributed by atoms with Crippen LogP contribution in [-0.4, -0.2) is 68.5 Å². The summed E-state index contributed by atoms with van der Waals surface area (Å²) in [6.45, 7) is 4.55. The first-order chi connectivity index (χ1) is 36.5. The number of allylic oxidation sites excluding steroid dienone is 11. The van der Waals surface area contributed by atoms with E-state index in [4.69, 9.17) is 9.05 Å². The van der Waals surface area contributed by atoms with Crippen molar-refractivity contribution < 1.29 is 32.9 Å². The molecular weight excluding hydrogens is 948 g/mol. The number of amides is 1. The van der Waals surface area contributed by atoms with E-state index in [2.05, 4.69) is 79.9 Å². The van der Waals surface area contributed by atoms with Gasteiger partial charge in [-0.05, 0) is 70.6 Å². The molecule has 0 aromatic carbocycles. The number of likely N-dealkylation sites (N-methyl/N-ethyl adjacent to an activating group) is 1. The van der Waals surface area contributed by atoms with Crippen molar-refractivity contribution in [2.24, 2.45) is 0 Å². The van der Waals surface area contributed by atoms with Crippen LogP contribution in [0.3, 0.4) is 0 Å². The molecule has 0 aliphatic rings. The summed E-state index contributed by atoms with van der Waals surface area (Å²) in [4.78, 5) is 25.6. The Morgan fingerprint density at radius 3 is 1.24 bits per heavy atom. The number of carbonyl (C=O) groups excluding carboxylic acids is 1. The van der Waals surface area contributed by atoms with Gasteiger partial charge < -0.3 is 28.8 Å². The molecule has 0 aromatic heterocycles. The minimum Gasteiger partial charge on any atom is -0.756 e. The molecule has 0 saturated heterocycles. The summed E-state index contributed by atoms with van der Waals surface area (Å²) >= 11 is 0. The number of hydrogen-bond donors (Lipinski definition) is 2. The molecule has 0 heterocycles. The summed E-state index contributed by atoms with van der Waals surface area (Å²) in [7, 11) is 1.25. The van der Waals surface area contributed by atoms with Crippen LogP contribution in [0.2, 0.25) is 0 Å². The fourth-order valence-corrected chi connectivity index (χ4v) is 9.94. The number of aliphatic hydroxyl groups excluding tert-OH is 1. The summed E-state index contributed by atoms with van der Waals surface area (Å²) in [5, 5.41) is 13.9. The number of phosphoric acid groups is 1. The van der Waals surface area contributed by atoms with Crippen molar-refractivity contribution in [1.82, 2.24) is 5.32 Å². The van der Waals surface area contributed by atoms with Gasteiger partial charge in [-0.25, -0.2) is 0 Å². The molecule has 0 fully saturated rings. The molecular formula is C66H123N2O6P. The van der Waals surface area contributed by atoms with Gasteiger partial charge in [-0.15, -0.1) is 0 Å². The number of quaternary nitrogens is 1. The van der Waals surface area contributed by atoms with Crippen molar-refractivity contribution in [3.05, 3.63) is 72.9 Å². The maximum atomic E-state index is 13.0. The maximum absolute atomic E-state index is 13.0. The molecule has 75 heavy (non-hydrogen) atoms. The first-order valence-corrected chi connectivity index (χ1v) is 33.3. The summed E-state index contributed by atoms with van der Waals surface area (Å²) in [5.74, 6) is -0.205. The predicted octanol–water partition coefficient (Wildman–Crippen LogP) is 19.2. The highest BCUT2D eigenvalue weighted by Gasteiger charge is 2.23. The van der Waals surface area contributed by atoms with Crippen LogP contribution in [0.25, 0.3) is 0 Å². The van der Waals surface area contributed by atoms with Gasteiger partial charge in [0.15, 0.2) is 0 Å². The topological polar surface area (TPSA) is 108 Å². The van der Waals surface area contributed by atoms with Crippen LogP contribution in [0, 0.1) is 0 Å². The Bertz CT molecular complexity index is 1450. The van der Waals surface area contributed by atoms with Gasteiger partial charge in [0.25, 0.3) is 7.82 Å². The van der Waals surface area contributed by atoms with Crippen LogP contribution >= 0.6 is 7.82 Å².